The van der Waals surface area contributed by atoms with Gasteiger partial charge in [-0.25, -0.2) is 0 Å². The summed E-state index contributed by atoms with van der Waals surface area (Å²) in [5, 5.41) is 21.0. The largest absolute Gasteiger partial charge is 0.488 e. The van der Waals surface area contributed by atoms with Crippen LogP contribution in [0.1, 0.15) is 0 Å². The average molecular weight is 288 g/mol. The highest BCUT2D eigenvalue weighted by Crippen LogP contribution is 2.28. The molecule has 5 N–H and O–H groups in total. The summed E-state index contributed by atoms with van der Waals surface area (Å²) < 4.78 is 5.70. The molecule has 7 heteroatoms. The second-order valence-electron chi connectivity index (χ2n) is 4.03. The molecule has 0 amide bonds. The minimum absolute atomic E-state index is 0.153. The minimum Gasteiger partial charge on any atom is -0.455 e. The number of hydrogen-bond donors (Lipinski definition) is 4. The van der Waals surface area contributed by atoms with E-state index in [4.69, 9.17) is 32.7 Å². The van der Waals surface area contributed by atoms with Crippen molar-refractivity contribution in [1.82, 2.24) is 0 Å². The molecule has 20 heavy (non-hydrogen) atoms. The molecule has 0 spiro atoms. The maximum Gasteiger partial charge on any atom is 0.488 e. The van der Waals surface area contributed by atoms with Crippen molar-refractivity contribution in [1.29, 1.82) is 0 Å². The van der Waals surface area contributed by atoms with Gasteiger partial charge in [-0.2, -0.15) is 0 Å². The third-order valence-corrected chi connectivity index (χ3v) is 2.65. The van der Waals surface area contributed by atoms with Crippen molar-refractivity contribution in [2.24, 2.45) is 5.73 Å². The number of benzene rings is 2. The van der Waals surface area contributed by atoms with E-state index in [0.717, 1.165) is 0 Å². The Morgan fingerprint density at radius 3 is 2.35 bits per heavy atom. The van der Waals surface area contributed by atoms with Crippen LogP contribution in [-0.2, 0) is 0 Å². The van der Waals surface area contributed by atoms with Crippen LogP contribution in [0.15, 0.2) is 48.5 Å². The highest BCUT2D eigenvalue weighted by Gasteiger charge is 2.10. The van der Waals surface area contributed by atoms with Gasteiger partial charge in [0.05, 0.1) is 5.69 Å². The summed E-state index contributed by atoms with van der Waals surface area (Å²) in [6.07, 6.45) is 0. The molecular formula is C13H13BN2O3S. The van der Waals surface area contributed by atoms with Gasteiger partial charge < -0.3 is 25.8 Å². The zero-order valence-corrected chi connectivity index (χ0v) is 11.3. The zero-order chi connectivity index (χ0) is 14.5. The molecular weight excluding hydrogens is 275 g/mol. The fraction of sp³-hybridized carbons (Fsp3) is 0. The Balaban J connectivity index is 2.19. The topological polar surface area (TPSA) is 87.7 Å². The number of rotatable bonds is 4. The number of para-hydroxylation sites is 2. The van der Waals surface area contributed by atoms with Crippen LogP contribution in [0, 0.1) is 0 Å². The molecule has 0 saturated carbocycles. The predicted octanol–water partition coefficient (Wildman–Crippen LogP) is 0.814. The second kappa shape index (κ2) is 6.38. The van der Waals surface area contributed by atoms with Gasteiger partial charge in [0.15, 0.2) is 10.9 Å². The quantitative estimate of drug-likeness (QED) is 0.492. The van der Waals surface area contributed by atoms with Crippen LogP contribution in [0.25, 0.3) is 0 Å². The van der Waals surface area contributed by atoms with Crippen LogP contribution in [-0.4, -0.2) is 22.3 Å². The molecule has 2 rings (SSSR count). The summed E-state index contributed by atoms with van der Waals surface area (Å²) in [6, 6.07) is 13.7. The number of thiocarbonyl (C=S) groups is 1. The molecule has 2 aromatic rings. The standard InChI is InChI=1S/C13H13BN2O3S/c15-13(20)16-11-3-1-2-4-12(11)19-10-7-5-9(6-8-10)14(17)18/h1-8,17-18H,(H3,15,16,20). The molecule has 102 valence electrons. The Bertz CT molecular complexity index is 605. The van der Waals surface area contributed by atoms with Gasteiger partial charge in [0.1, 0.15) is 5.75 Å². The Hall–Kier alpha value is -2.09. The molecule has 0 bridgehead atoms. The smallest absolute Gasteiger partial charge is 0.455 e. The third kappa shape index (κ3) is 3.70. The SMILES string of the molecule is NC(=S)Nc1ccccc1Oc1ccc(B(O)O)cc1. The second-order valence-corrected chi connectivity index (χ2v) is 4.47. The molecule has 0 radical (unpaired) electrons. The van der Waals surface area contributed by atoms with Crippen molar-refractivity contribution in [3.63, 3.8) is 0 Å². The van der Waals surface area contributed by atoms with E-state index in [9.17, 15) is 0 Å². The minimum atomic E-state index is -1.49. The van der Waals surface area contributed by atoms with Crippen molar-refractivity contribution in [2.75, 3.05) is 5.32 Å². The molecule has 0 unspecified atom stereocenters. The summed E-state index contributed by atoms with van der Waals surface area (Å²) in [4.78, 5) is 0. The van der Waals surface area contributed by atoms with Crippen LogP contribution in [0.4, 0.5) is 5.69 Å². The number of anilines is 1. The van der Waals surface area contributed by atoms with Gasteiger partial charge in [-0.05, 0) is 41.9 Å². The Kier molecular flexibility index (Phi) is 4.57. The van der Waals surface area contributed by atoms with Crippen molar-refractivity contribution < 1.29 is 14.8 Å². The first kappa shape index (κ1) is 14.3. The van der Waals surface area contributed by atoms with Gasteiger partial charge >= 0.3 is 7.12 Å². The summed E-state index contributed by atoms with van der Waals surface area (Å²) >= 11 is 4.80. The molecule has 0 aliphatic heterocycles. The van der Waals surface area contributed by atoms with Gasteiger partial charge in [-0.15, -0.1) is 0 Å². The van der Waals surface area contributed by atoms with Crippen LogP contribution in [0.2, 0.25) is 0 Å². The van der Waals surface area contributed by atoms with Gasteiger partial charge in [-0.3, -0.25) is 0 Å². The van der Waals surface area contributed by atoms with Gasteiger partial charge in [0, 0.05) is 0 Å². The first-order chi connectivity index (χ1) is 9.56. The molecule has 0 aromatic heterocycles. The Labute approximate surface area is 122 Å². The lowest BCUT2D eigenvalue weighted by atomic mass is 9.80. The van der Waals surface area contributed by atoms with E-state index in [0.29, 0.717) is 22.6 Å². The van der Waals surface area contributed by atoms with Crippen molar-refractivity contribution in [3.05, 3.63) is 48.5 Å². The van der Waals surface area contributed by atoms with Crippen molar-refractivity contribution in [3.8, 4) is 11.5 Å². The summed E-state index contributed by atoms with van der Waals surface area (Å²) in [5.74, 6) is 1.13. The van der Waals surface area contributed by atoms with E-state index >= 15 is 0 Å². The molecule has 0 aliphatic rings. The normalized spacial score (nSPS) is 9.90. The highest BCUT2D eigenvalue weighted by molar-refractivity contribution is 7.80. The van der Waals surface area contributed by atoms with Crippen LogP contribution in [0.5, 0.6) is 11.5 Å². The number of hydrogen-bond acceptors (Lipinski definition) is 4. The Morgan fingerprint density at radius 2 is 1.75 bits per heavy atom. The summed E-state index contributed by atoms with van der Waals surface area (Å²) in [6.45, 7) is 0. The van der Waals surface area contributed by atoms with Crippen LogP contribution >= 0.6 is 12.2 Å². The van der Waals surface area contributed by atoms with E-state index < -0.39 is 7.12 Å². The van der Waals surface area contributed by atoms with Crippen molar-refractivity contribution in [2.45, 2.75) is 0 Å². The van der Waals surface area contributed by atoms with Gasteiger partial charge in [0.25, 0.3) is 0 Å². The lowest BCUT2D eigenvalue weighted by Gasteiger charge is -2.12. The monoisotopic (exact) mass is 288 g/mol. The summed E-state index contributed by atoms with van der Waals surface area (Å²) in [7, 11) is -1.49. The van der Waals surface area contributed by atoms with Crippen LogP contribution < -0.4 is 21.3 Å². The number of nitrogens with two attached hydrogens (primary N) is 1. The van der Waals surface area contributed by atoms with E-state index in [1.54, 1.807) is 36.4 Å². The molecule has 0 heterocycles. The zero-order valence-electron chi connectivity index (χ0n) is 10.5. The van der Waals surface area contributed by atoms with E-state index in [-0.39, 0.29) is 5.11 Å². The van der Waals surface area contributed by atoms with E-state index in [1.165, 1.54) is 0 Å². The molecule has 0 aliphatic carbocycles. The maximum absolute atomic E-state index is 9.02. The molecule has 5 nitrogen and oxygen atoms in total. The molecule has 0 atom stereocenters. The number of ether oxygens (including phenoxy) is 1. The predicted molar refractivity (Wildman–Crippen MR) is 83.2 cm³/mol. The molecule has 2 aromatic carbocycles. The number of nitrogens with one attached hydrogen (secondary N) is 1. The highest BCUT2D eigenvalue weighted by atomic mass is 32.1. The first-order valence-electron chi connectivity index (χ1n) is 5.85. The third-order valence-electron chi connectivity index (χ3n) is 2.55. The Morgan fingerprint density at radius 1 is 1.10 bits per heavy atom. The lowest BCUT2D eigenvalue weighted by molar-refractivity contribution is 0.425. The maximum atomic E-state index is 9.02. The molecule has 0 fully saturated rings. The van der Waals surface area contributed by atoms with Gasteiger partial charge in [-0.1, -0.05) is 24.3 Å². The van der Waals surface area contributed by atoms with E-state index in [1.807, 2.05) is 12.1 Å². The van der Waals surface area contributed by atoms with E-state index in [2.05, 4.69) is 5.32 Å². The lowest BCUT2D eigenvalue weighted by Crippen LogP contribution is -2.29. The summed E-state index contributed by atoms with van der Waals surface area (Å²) in [5.41, 5.74) is 6.50. The van der Waals surface area contributed by atoms with Gasteiger partial charge in [0.2, 0.25) is 0 Å². The average Bonchev–Trinajstić information content (AvgIpc) is 2.41. The fourth-order valence-corrected chi connectivity index (χ4v) is 1.74. The van der Waals surface area contributed by atoms with Crippen molar-refractivity contribution >= 4 is 35.6 Å². The van der Waals surface area contributed by atoms with Crippen LogP contribution in [0.3, 0.4) is 0 Å². The first-order valence-corrected chi connectivity index (χ1v) is 6.26. The molecule has 0 saturated heterocycles. The fourth-order valence-electron chi connectivity index (χ4n) is 1.63.